The molecule has 15 heavy (non-hydrogen) atoms. The molecule has 2 N–H and O–H groups in total. The Kier molecular flexibility index (Phi) is 2.64. The van der Waals surface area contributed by atoms with Gasteiger partial charge in [0.2, 0.25) is 0 Å². The first-order valence-corrected chi connectivity index (χ1v) is 4.51. The van der Waals surface area contributed by atoms with Crippen molar-refractivity contribution in [2.24, 2.45) is 12.8 Å². The van der Waals surface area contributed by atoms with Gasteiger partial charge in [-0.3, -0.25) is 0 Å². The third-order valence-electron chi connectivity index (χ3n) is 1.99. The molecule has 0 spiro atoms. The molecular weight excluding hydrogens is 194 g/mol. The van der Waals surface area contributed by atoms with Gasteiger partial charge >= 0.3 is 0 Å². The van der Waals surface area contributed by atoms with Crippen LogP contribution < -0.4 is 5.73 Å². The summed E-state index contributed by atoms with van der Waals surface area (Å²) >= 11 is 0. The Bertz CT molecular complexity index is 424. The van der Waals surface area contributed by atoms with E-state index in [1.54, 1.807) is 19.4 Å². The van der Waals surface area contributed by atoms with Gasteiger partial charge in [0.15, 0.2) is 5.82 Å². The summed E-state index contributed by atoms with van der Waals surface area (Å²) in [5.41, 5.74) is 6.87. The number of hydrogen-bond acceptors (Lipinski definition) is 6. The van der Waals surface area contributed by atoms with Crippen LogP contribution in [-0.2, 0) is 13.5 Å². The molecule has 2 aromatic heterocycles. The molecule has 7 nitrogen and oxygen atoms in total. The van der Waals surface area contributed by atoms with Gasteiger partial charge in [0, 0.05) is 18.7 Å². The van der Waals surface area contributed by atoms with Crippen LogP contribution in [0.15, 0.2) is 18.5 Å². The Hall–Kier alpha value is -1.89. The summed E-state index contributed by atoms with van der Waals surface area (Å²) in [7, 11) is 1.72. The quantitative estimate of drug-likeness (QED) is 0.707. The number of rotatable bonds is 3. The monoisotopic (exact) mass is 205 g/mol. The third kappa shape index (κ3) is 2.32. The summed E-state index contributed by atoms with van der Waals surface area (Å²) in [5, 5.41) is 19.1. The van der Waals surface area contributed by atoms with Crippen LogP contribution >= 0.6 is 0 Å². The van der Waals surface area contributed by atoms with E-state index in [0.29, 0.717) is 12.2 Å². The molecule has 0 aliphatic carbocycles. The summed E-state index contributed by atoms with van der Waals surface area (Å²) in [6.07, 6.45) is 3.79. The highest BCUT2D eigenvalue weighted by Crippen LogP contribution is 2.10. The van der Waals surface area contributed by atoms with Gasteiger partial charge in [0.05, 0.1) is 13.2 Å². The van der Waals surface area contributed by atoms with Gasteiger partial charge in [-0.1, -0.05) is 0 Å². The first kappa shape index (κ1) is 9.66. The summed E-state index contributed by atoms with van der Waals surface area (Å²) < 4.78 is 0. The predicted molar refractivity (Wildman–Crippen MR) is 51.5 cm³/mol. The molecule has 2 aromatic rings. The molecule has 0 aliphatic rings. The van der Waals surface area contributed by atoms with Gasteiger partial charge in [0.1, 0.15) is 0 Å². The van der Waals surface area contributed by atoms with Crippen molar-refractivity contribution < 1.29 is 0 Å². The molecule has 0 fully saturated rings. The summed E-state index contributed by atoms with van der Waals surface area (Å²) in [5.74, 6) is 0.627. The zero-order chi connectivity index (χ0) is 10.7. The number of nitrogens with two attached hydrogens (primary N) is 1. The van der Waals surface area contributed by atoms with Crippen molar-refractivity contribution in [3.8, 4) is 0 Å². The van der Waals surface area contributed by atoms with E-state index in [0.717, 1.165) is 5.56 Å². The van der Waals surface area contributed by atoms with Crippen LogP contribution in [0.1, 0.15) is 17.4 Å². The largest absolute Gasteiger partial charge is 0.324 e. The smallest absolute Gasteiger partial charge is 0.176 e. The van der Waals surface area contributed by atoms with E-state index < -0.39 is 0 Å². The van der Waals surface area contributed by atoms with Crippen molar-refractivity contribution in [2.75, 3.05) is 0 Å². The van der Waals surface area contributed by atoms with Gasteiger partial charge in [-0.25, -0.2) is 0 Å². The Morgan fingerprint density at radius 1 is 1.47 bits per heavy atom. The van der Waals surface area contributed by atoms with E-state index >= 15 is 0 Å². The van der Waals surface area contributed by atoms with Crippen LogP contribution in [0.4, 0.5) is 0 Å². The molecule has 1 unspecified atom stereocenters. The molecule has 78 valence electrons. The normalized spacial score (nSPS) is 12.7. The summed E-state index contributed by atoms with van der Waals surface area (Å²) in [6, 6.07) is 1.65. The number of aryl methyl sites for hydroxylation is 1. The fourth-order valence-electron chi connectivity index (χ4n) is 1.24. The highest BCUT2D eigenvalue weighted by atomic mass is 15.6. The van der Waals surface area contributed by atoms with E-state index in [2.05, 4.69) is 25.6 Å². The third-order valence-corrected chi connectivity index (χ3v) is 1.99. The highest BCUT2D eigenvalue weighted by molar-refractivity contribution is 5.12. The lowest BCUT2D eigenvalue weighted by Gasteiger charge is -2.07. The molecule has 2 heterocycles. The lowest BCUT2D eigenvalue weighted by molar-refractivity contribution is 0.622. The van der Waals surface area contributed by atoms with Gasteiger partial charge < -0.3 is 5.73 Å². The van der Waals surface area contributed by atoms with Gasteiger partial charge in [-0.15, -0.1) is 10.2 Å². The zero-order valence-electron chi connectivity index (χ0n) is 8.28. The van der Waals surface area contributed by atoms with Crippen LogP contribution in [0, 0.1) is 0 Å². The fraction of sp³-hybridized carbons (Fsp3) is 0.375. The average molecular weight is 205 g/mol. The van der Waals surface area contributed by atoms with E-state index in [1.807, 2.05) is 6.07 Å². The summed E-state index contributed by atoms with van der Waals surface area (Å²) in [4.78, 5) is 1.41. The minimum absolute atomic E-state index is 0.176. The second-order valence-electron chi connectivity index (χ2n) is 3.18. The number of nitrogens with zero attached hydrogens (tertiary/aromatic N) is 6. The van der Waals surface area contributed by atoms with Gasteiger partial charge in [-0.05, 0) is 16.8 Å². The number of hydrogen-bond donors (Lipinski definition) is 1. The molecule has 1 atom stereocenters. The lowest BCUT2D eigenvalue weighted by atomic mass is 10.1. The van der Waals surface area contributed by atoms with Crippen molar-refractivity contribution in [2.45, 2.75) is 12.5 Å². The van der Waals surface area contributed by atoms with E-state index in [4.69, 9.17) is 5.73 Å². The molecule has 2 rings (SSSR count). The minimum atomic E-state index is -0.176. The highest BCUT2D eigenvalue weighted by Gasteiger charge is 2.10. The topological polar surface area (TPSA) is 95.4 Å². The second kappa shape index (κ2) is 4.09. The average Bonchev–Trinajstić information content (AvgIpc) is 2.65. The zero-order valence-corrected chi connectivity index (χ0v) is 8.28. The maximum absolute atomic E-state index is 5.95. The van der Waals surface area contributed by atoms with Gasteiger partial charge in [-0.2, -0.15) is 15.0 Å². The molecule has 0 bridgehead atoms. The first-order chi connectivity index (χ1) is 7.25. The molecule has 0 radical (unpaired) electrons. The van der Waals surface area contributed by atoms with Crippen molar-refractivity contribution in [1.82, 2.24) is 30.4 Å². The maximum Gasteiger partial charge on any atom is 0.176 e. The Labute approximate surface area is 86.3 Å². The Morgan fingerprint density at radius 3 is 2.93 bits per heavy atom. The standard InChI is InChI=1S/C8H11N7/c1-15-13-8(12-14-15)4-7(9)6-2-3-10-11-5-6/h2-3,5,7H,4,9H2,1H3. The minimum Gasteiger partial charge on any atom is -0.324 e. The Balaban J connectivity index is 2.07. The number of aromatic nitrogens is 6. The van der Waals surface area contributed by atoms with Crippen molar-refractivity contribution in [1.29, 1.82) is 0 Å². The molecular formula is C8H11N7. The van der Waals surface area contributed by atoms with E-state index in [9.17, 15) is 0 Å². The fourth-order valence-corrected chi connectivity index (χ4v) is 1.24. The van der Waals surface area contributed by atoms with Crippen LogP contribution in [0.5, 0.6) is 0 Å². The molecule has 0 aromatic carbocycles. The van der Waals surface area contributed by atoms with E-state index in [1.165, 1.54) is 4.80 Å². The van der Waals surface area contributed by atoms with Crippen LogP contribution in [-0.4, -0.2) is 30.4 Å². The van der Waals surface area contributed by atoms with Crippen LogP contribution in [0.3, 0.4) is 0 Å². The summed E-state index contributed by atoms with van der Waals surface area (Å²) in [6.45, 7) is 0. The molecule has 7 heteroatoms. The lowest BCUT2D eigenvalue weighted by Crippen LogP contribution is -2.14. The van der Waals surface area contributed by atoms with Crippen molar-refractivity contribution >= 4 is 0 Å². The maximum atomic E-state index is 5.95. The number of tetrazole rings is 1. The molecule has 0 saturated heterocycles. The van der Waals surface area contributed by atoms with Crippen LogP contribution in [0.2, 0.25) is 0 Å². The van der Waals surface area contributed by atoms with E-state index in [-0.39, 0.29) is 6.04 Å². The molecule has 0 amide bonds. The Morgan fingerprint density at radius 2 is 2.33 bits per heavy atom. The molecule has 0 aliphatic heterocycles. The molecule has 0 saturated carbocycles. The van der Waals surface area contributed by atoms with Crippen LogP contribution in [0.25, 0.3) is 0 Å². The van der Waals surface area contributed by atoms with Gasteiger partial charge in [0.25, 0.3) is 0 Å². The first-order valence-electron chi connectivity index (χ1n) is 4.51. The van der Waals surface area contributed by atoms with Crippen molar-refractivity contribution in [3.05, 3.63) is 29.8 Å². The second-order valence-corrected chi connectivity index (χ2v) is 3.18. The van der Waals surface area contributed by atoms with Crippen molar-refractivity contribution in [3.63, 3.8) is 0 Å². The SMILES string of the molecule is Cn1nnc(CC(N)c2ccnnc2)n1. The predicted octanol–water partition coefficient (Wildman–Crippen LogP) is -0.757.